The van der Waals surface area contributed by atoms with Gasteiger partial charge in [-0.3, -0.25) is 9.69 Å². The lowest BCUT2D eigenvalue weighted by Crippen LogP contribution is -2.40. The first-order chi connectivity index (χ1) is 10.7. The van der Waals surface area contributed by atoms with E-state index in [1.54, 1.807) is 0 Å². The summed E-state index contributed by atoms with van der Waals surface area (Å²) >= 11 is 0. The molecule has 0 saturated carbocycles. The van der Waals surface area contributed by atoms with E-state index in [4.69, 9.17) is 5.73 Å². The number of nitrogens with zero attached hydrogens (tertiary/aromatic N) is 2. The van der Waals surface area contributed by atoms with Crippen LogP contribution in [0.5, 0.6) is 0 Å². The molecule has 23 heavy (non-hydrogen) atoms. The molecule has 0 aromatic heterocycles. The molecule has 1 unspecified atom stereocenters. The van der Waals surface area contributed by atoms with Crippen molar-refractivity contribution in [3.8, 4) is 0 Å². The number of hydrogen-bond donors (Lipinski definition) is 1. The Bertz CT molecular complexity index is 668. The van der Waals surface area contributed by atoms with Gasteiger partial charge in [0.1, 0.15) is 0 Å². The van der Waals surface area contributed by atoms with Crippen LogP contribution in [0.15, 0.2) is 18.2 Å². The van der Waals surface area contributed by atoms with Gasteiger partial charge in [-0.25, -0.2) is 12.7 Å². The Morgan fingerprint density at radius 3 is 2.35 bits per heavy atom. The third-order valence-electron chi connectivity index (χ3n) is 4.47. The van der Waals surface area contributed by atoms with Gasteiger partial charge in [-0.15, -0.1) is 0 Å². The highest BCUT2D eigenvalue weighted by Gasteiger charge is 2.30. The van der Waals surface area contributed by atoms with E-state index < -0.39 is 21.8 Å². The van der Waals surface area contributed by atoms with Gasteiger partial charge in [0.05, 0.1) is 12.2 Å². The first-order valence-corrected chi connectivity index (χ1v) is 9.55. The largest absolute Gasteiger partial charge is 0.369 e. The SMILES string of the molecule is Cc1cccc(C)c1CN1CCN(S(C)(=O)=O)CC(C(N)=O)C1. The van der Waals surface area contributed by atoms with Crippen molar-refractivity contribution in [3.63, 3.8) is 0 Å². The van der Waals surface area contributed by atoms with Crippen molar-refractivity contribution >= 4 is 15.9 Å². The van der Waals surface area contributed by atoms with Gasteiger partial charge in [0.25, 0.3) is 0 Å². The monoisotopic (exact) mass is 339 g/mol. The van der Waals surface area contributed by atoms with E-state index in [2.05, 4.69) is 30.9 Å². The molecule has 6 nitrogen and oxygen atoms in total. The number of primary amides is 1. The Morgan fingerprint density at radius 1 is 1.22 bits per heavy atom. The van der Waals surface area contributed by atoms with Gasteiger partial charge in [0.2, 0.25) is 15.9 Å². The number of benzene rings is 1. The van der Waals surface area contributed by atoms with Crippen molar-refractivity contribution < 1.29 is 13.2 Å². The number of rotatable bonds is 4. The molecule has 1 heterocycles. The standard InChI is InChI=1S/C16H25N3O3S/c1-12-5-4-6-13(2)15(12)11-18-7-8-19(23(3,21)22)10-14(9-18)16(17)20/h4-6,14H,7-11H2,1-3H3,(H2,17,20). The van der Waals surface area contributed by atoms with E-state index in [0.717, 1.165) is 0 Å². The summed E-state index contributed by atoms with van der Waals surface area (Å²) in [5.41, 5.74) is 9.09. The fourth-order valence-corrected chi connectivity index (χ4v) is 3.86. The summed E-state index contributed by atoms with van der Waals surface area (Å²) in [4.78, 5) is 13.8. The fourth-order valence-electron chi connectivity index (χ4n) is 3.00. The molecule has 1 aliphatic rings. The van der Waals surface area contributed by atoms with Gasteiger partial charge in [-0.05, 0) is 30.5 Å². The molecule has 1 saturated heterocycles. The average Bonchev–Trinajstić information content (AvgIpc) is 2.65. The average molecular weight is 339 g/mol. The molecule has 1 atom stereocenters. The Morgan fingerprint density at radius 2 is 1.83 bits per heavy atom. The van der Waals surface area contributed by atoms with E-state index in [0.29, 0.717) is 26.2 Å². The lowest BCUT2D eigenvalue weighted by atomic mass is 10.0. The van der Waals surface area contributed by atoms with E-state index in [9.17, 15) is 13.2 Å². The van der Waals surface area contributed by atoms with Gasteiger partial charge in [-0.2, -0.15) is 0 Å². The quantitative estimate of drug-likeness (QED) is 0.865. The van der Waals surface area contributed by atoms with Crippen LogP contribution in [-0.2, 0) is 21.4 Å². The van der Waals surface area contributed by atoms with Crippen LogP contribution in [0.2, 0.25) is 0 Å². The molecule has 2 rings (SSSR count). The van der Waals surface area contributed by atoms with Crippen LogP contribution in [-0.4, -0.2) is 56.0 Å². The summed E-state index contributed by atoms with van der Waals surface area (Å²) in [5.74, 6) is -0.941. The highest BCUT2D eigenvalue weighted by atomic mass is 32.2. The maximum Gasteiger partial charge on any atom is 0.223 e. The maximum atomic E-state index is 11.8. The zero-order chi connectivity index (χ0) is 17.2. The predicted octanol–water partition coefficient (Wildman–Crippen LogP) is 0.482. The van der Waals surface area contributed by atoms with Crippen molar-refractivity contribution in [1.82, 2.24) is 9.21 Å². The second kappa shape index (κ2) is 6.98. The minimum absolute atomic E-state index is 0.164. The van der Waals surface area contributed by atoms with Gasteiger partial charge < -0.3 is 5.73 Å². The molecular weight excluding hydrogens is 314 g/mol. The Kier molecular flexibility index (Phi) is 5.44. The second-order valence-electron chi connectivity index (χ2n) is 6.33. The van der Waals surface area contributed by atoms with Crippen molar-refractivity contribution in [2.45, 2.75) is 20.4 Å². The van der Waals surface area contributed by atoms with Gasteiger partial charge >= 0.3 is 0 Å². The zero-order valence-electron chi connectivity index (χ0n) is 13.9. The van der Waals surface area contributed by atoms with Crippen LogP contribution in [0.1, 0.15) is 16.7 Å². The molecule has 7 heteroatoms. The smallest absolute Gasteiger partial charge is 0.223 e. The van der Waals surface area contributed by atoms with Crippen molar-refractivity contribution in [2.75, 3.05) is 32.4 Å². The normalized spacial score (nSPS) is 21.1. The van der Waals surface area contributed by atoms with Gasteiger partial charge in [0, 0.05) is 32.7 Å². The number of carbonyl (C=O) groups is 1. The molecule has 1 aromatic rings. The van der Waals surface area contributed by atoms with E-state index in [1.807, 2.05) is 6.07 Å². The molecule has 1 amide bonds. The summed E-state index contributed by atoms with van der Waals surface area (Å²) in [6, 6.07) is 6.15. The van der Waals surface area contributed by atoms with Gasteiger partial charge in [0.15, 0.2) is 0 Å². The second-order valence-corrected chi connectivity index (χ2v) is 8.31. The third kappa shape index (κ3) is 4.53. The summed E-state index contributed by atoms with van der Waals surface area (Å²) < 4.78 is 25.0. The Hall–Kier alpha value is -1.44. The third-order valence-corrected chi connectivity index (χ3v) is 5.74. The van der Waals surface area contributed by atoms with E-state index in [1.165, 1.54) is 27.3 Å². The fraction of sp³-hybridized carbons (Fsp3) is 0.562. The molecule has 0 aliphatic carbocycles. The molecule has 1 fully saturated rings. The van der Waals surface area contributed by atoms with Crippen LogP contribution < -0.4 is 5.73 Å². The van der Waals surface area contributed by atoms with Crippen LogP contribution in [0.3, 0.4) is 0 Å². The van der Waals surface area contributed by atoms with Crippen molar-refractivity contribution in [2.24, 2.45) is 11.7 Å². The van der Waals surface area contributed by atoms with Crippen LogP contribution >= 0.6 is 0 Å². The summed E-state index contributed by atoms with van der Waals surface area (Å²) in [5, 5.41) is 0. The molecule has 2 N–H and O–H groups in total. The summed E-state index contributed by atoms with van der Waals surface area (Å²) in [6.07, 6.45) is 1.17. The zero-order valence-corrected chi connectivity index (χ0v) is 14.8. The highest BCUT2D eigenvalue weighted by molar-refractivity contribution is 7.88. The molecule has 0 bridgehead atoms. The molecule has 1 aliphatic heterocycles. The van der Waals surface area contributed by atoms with Crippen LogP contribution in [0, 0.1) is 19.8 Å². The Labute approximate surface area is 138 Å². The minimum Gasteiger partial charge on any atom is -0.369 e. The summed E-state index contributed by atoms with van der Waals surface area (Å²) in [7, 11) is -3.33. The number of sulfonamides is 1. The molecule has 0 spiro atoms. The number of carbonyl (C=O) groups excluding carboxylic acids is 1. The highest BCUT2D eigenvalue weighted by Crippen LogP contribution is 2.19. The first kappa shape index (κ1) is 17.9. The lowest BCUT2D eigenvalue weighted by Gasteiger charge is -2.24. The molecule has 1 aromatic carbocycles. The topological polar surface area (TPSA) is 83.7 Å². The first-order valence-electron chi connectivity index (χ1n) is 7.70. The van der Waals surface area contributed by atoms with E-state index in [-0.39, 0.29) is 6.54 Å². The molecule has 128 valence electrons. The van der Waals surface area contributed by atoms with Crippen molar-refractivity contribution in [1.29, 1.82) is 0 Å². The minimum atomic E-state index is -3.33. The van der Waals surface area contributed by atoms with Gasteiger partial charge in [-0.1, -0.05) is 18.2 Å². The lowest BCUT2D eigenvalue weighted by molar-refractivity contribution is -0.122. The van der Waals surface area contributed by atoms with E-state index >= 15 is 0 Å². The van der Waals surface area contributed by atoms with Crippen LogP contribution in [0.4, 0.5) is 0 Å². The number of hydrogen-bond acceptors (Lipinski definition) is 4. The number of aryl methyl sites for hydroxylation is 2. The molecular formula is C16H25N3O3S. The summed E-state index contributed by atoms with van der Waals surface area (Å²) in [6.45, 7) is 6.44. The number of amides is 1. The molecule has 0 radical (unpaired) electrons. The number of nitrogens with two attached hydrogens (primary N) is 1. The predicted molar refractivity (Wildman–Crippen MR) is 90.3 cm³/mol. The maximum absolute atomic E-state index is 11.8. The van der Waals surface area contributed by atoms with Crippen LogP contribution in [0.25, 0.3) is 0 Å². The Balaban J connectivity index is 2.21. The van der Waals surface area contributed by atoms with Crippen molar-refractivity contribution in [3.05, 3.63) is 34.9 Å².